The zero-order chi connectivity index (χ0) is 16.2. The van der Waals surface area contributed by atoms with E-state index in [1.54, 1.807) is 0 Å². The van der Waals surface area contributed by atoms with E-state index in [9.17, 15) is 18.0 Å². The standard InChI is InChI=1S/C15H19F3N2OS/c1-2-12-5-3-4-8-20(12)14(21)10-22-13-7-6-11(9-19-13)15(16,17)18/h6-7,9,12H,2-5,8,10H2,1H3. The third-order valence-corrected chi connectivity index (χ3v) is 4.75. The Kier molecular flexibility index (Phi) is 5.72. The van der Waals surface area contributed by atoms with Crippen LogP contribution in [-0.2, 0) is 11.0 Å². The Hall–Kier alpha value is -1.24. The summed E-state index contributed by atoms with van der Waals surface area (Å²) in [4.78, 5) is 17.9. The molecule has 0 N–H and O–H groups in total. The summed E-state index contributed by atoms with van der Waals surface area (Å²) >= 11 is 1.18. The second kappa shape index (κ2) is 7.35. The number of thioether (sulfide) groups is 1. The van der Waals surface area contributed by atoms with Crippen LogP contribution in [0.5, 0.6) is 0 Å². The molecule has 1 aromatic heterocycles. The predicted octanol–water partition coefficient (Wildman–Crippen LogP) is 3.98. The molecule has 0 saturated carbocycles. The number of piperidine rings is 1. The van der Waals surface area contributed by atoms with Crippen molar-refractivity contribution < 1.29 is 18.0 Å². The Morgan fingerprint density at radius 3 is 2.77 bits per heavy atom. The lowest BCUT2D eigenvalue weighted by molar-refractivity contribution is -0.138. The second-order valence-electron chi connectivity index (χ2n) is 5.32. The number of halogens is 3. The minimum atomic E-state index is -4.38. The van der Waals surface area contributed by atoms with Gasteiger partial charge < -0.3 is 4.90 Å². The van der Waals surface area contributed by atoms with Gasteiger partial charge in [-0.2, -0.15) is 13.2 Å². The topological polar surface area (TPSA) is 33.2 Å². The molecule has 7 heteroatoms. The van der Waals surface area contributed by atoms with Crippen LogP contribution in [0, 0.1) is 0 Å². The fraction of sp³-hybridized carbons (Fsp3) is 0.600. The number of alkyl halides is 3. The van der Waals surface area contributed by atoms with Gasteiger partial charge in [-0.15, -0.1) is 0 Å². The summed E-state index contributed by atoms with van der Waals surface area (Å²) in [7, 11) is 0. The summed E-state index contributed by atoms with van der Waals surface area (Å²) in [6, 6.07) is 2.60. The van der Waals surface area contributed by atoms with E-state index in [1.807, 2.05) is 4.90 Å². The zero-order valence-electron chi connectivity index (χ0n) is 12.4. The molecule has 1 unspecified atom stereocenters. The largest absolute Gasteiger partial charge is 0.417 e. The van der Waals surface area contributed by atoms with Crippen molar-refractivity contribution in [2.45, 2.75) is 49.9 Å². The number of carbonyl (C=O) groups excluding carboxylic acids is 1. The number of likely N-dealkylation sites (tertiary alicyclic amines) is 1. The van der Waals surface area contributed by atoms with Crippen molar-refractivity contribution in [2.24, 2.45) is 0 Å². The molecule has 1 atom stereocenters. The van der Waals surface area contributed by atoms with Crippen molar-refractivity contribution in [3.63, 3.8) is 0 Å². The maximum atomic E-state index is 12.5. The lowest BCUT2D eigenvalue weighted by Crippen LogP contribution is -2.44. The number of carbonyl (C=O) groups is 1. The summed E-state index contributed by atoms with van der Waals surface area (Å²) in [5.74, 6) is 0.257. The number of hydrogen-bond acceptors (Lipinski definition) is 3. The molecule has 0 aliphatic carbocycles. The number of nitrogens with zero attached hydrogens (tertiary/aromatic N) is 2. The van der Waals surface area contributed by atoms with Crippen molar-refractivity contribution in [3.8, 4) is 0 Å². The number of hydrogen-bond donors (Lipinski definition) is 0. The van der Waals surface area contributed by atoms with Crippen molar-refractivity contribution in [3.05, 3.63) is 23.9 Å². The highest BCUT2D eigenvalue weighted by Crippen LogP contribution is 2.29. The first-order chi connectivity index (χ1) is 10.4. The highest BCUT2D eigenvalue weighted by atomic mass is 32.2. The molecule has 1 fully saturated rings. The molecule has 2 heterocycles. The fourth-order valence-electron chi connectivity index (χ4n) is 2.61. The fourth-order valence-corrected chi connectivity index (χ4v) is 3.33. The van der Waals surface area contributed by atoms with Crippen LogP contribution >= 0.6 is 11.8 Å². The first kappa shape index (κ1) is 17.1. The molecule has 0 radical (unpaired) electrons. The van der Waals surface area contributed by atoms with Crippen LogP contribution in [0.25, 0.3) is 0 Å². The molecular weight excluding hydrogens is 313 g/mol. The second-order valence-corrected chi connectivity index (χ2v) is 6.31. The van der Waals surface area contributed by atoms with E-state index >= 15 is 0 Å². The number of rotatable bonds is 4. The van der Waals surface area contributed by atoms with Crippen molar-refractivity contribution in [1.82, 2.24) is 9.88 Å². The molecule has 22 heavy (non-hydrogen) atoms. The highest BCUT2D eigenvalue weighted by molar-refractivity contribution is 7.99. The van der Waals surface area contributed by atoms with Gasteiger partial charge in [0.1, 0.15) is 0 Å². The molecule has 1 aliphatic heterocycles. The highest BCUT2D eigenvalue weighted by Gasteiger charge is 2.30. The maximum absolute atomic E-state index is 12.5. The Balaban J connectivity index is 1.90. The lowest BCUT2D eigenvalue weighted by Gasteiger charge is -2.35. The van der Waals surface area contributed by atoms with E-state index in [4.69, 9.17) is 0 Å². The van der Waals surface area contributed by atoms with Crippen molar-refractivity contribution in [2.75, 3.05) is 12.3 Å². The molecule has 0 bridgehead atoms. The van der Waals surface area contributed by atoms with Crippen LogP contribution in [0.15, 0.2) is 23.4 Å². The van der Waals surface area contributed by atoms with Gasteiger partial charge >= 0.3 is 6.18 Å². The van der Waals surface area contributed by atoms with Gasteiger partial charge in [0.05, 0.1) is 16.3 Å². The summed E-state index contributed by atoms with van der Waals surface area (Å²) in [5.41, 5.74) is -0.773. The van der Waals surface area contributed by atoms with Crippen LogP contribution in [-0.4, -0.2) is 34.1 Å². The molecule has 1 aromatic rings. The summed E-state index contributed by atoms with van der Waals surface area (Å²) in [6.07, 6.45) is 0.568. The van der Waals surface area contributed by atoms with Gasteiger partial charge in [0, 0.05) is 18.8 Å². The van der Waals surface area contributed by atoms with E-state index in [0.717, 1.165) is 44.5 Å². The van der Waals surface area contributed by atoms with Crippen LogP contribution < -0.4 is 0 Å². The first-order valence-corrected chi connectivity index (χ1v) is 8.36. The van der Waals surface area contributed by atoms with Crippen LogP contribution in [0.4, 0.5) is 13.2 Å². The van der Waals surface area contributed by atoms with Gasteiger partial charge in [-0.1, -0.05) is 18.7 Å². The Bertz CT molecular complexity index is 505. The van der Waals surface area contributed by atoms with E-state index in [2.05, 4.69) is 11.9 Å². The average molecular weight is 332 g/mol. The Morgan fingerprint density at radius 2 is 2.18 bits per heavy atom. The molecule has 1 aliphatic rings. The third-order valence-electron chi connectivity index (χ3n) is 3.83. The van der Waals surface area contributed by atoms with Gasteiger partial charge in [-0.3, -0.25) is 4.79 Å². The number of amides is 1. The molecule has 0 spiro atoms. The van der Waals surface area contributed by atoms with Gasteiger partial charge in [0.15, 0.2) is 0 Å². The smallest absolute Gasteiger partial charge is 0.339 e. The molecule has 122 valence electrons. The van der Waals surface area contributed by atoms with E-state index < -0.39 is 11.7 Å². The maximum Gasteiger partial charge on any atom is 0.417 e. The van der Waals surface area contributed by atoms with Gasteiger partial charge in [-0.25, -0.2) is 4.98 Å². The monoisotopic (exact) mass is 332 g/mol. The normalized spacial score (nSPS) is 19.3. The van der Waals surface area contributed by atoms with Crippen molar-refractivity contribution in [1.29, 1.82) is 0 Å². The predicted molar refractivity (Wildman–Crippen MR) is 79.6 cm³/mol. The summed E-state index contributed by atoms with van der Waals surface area (Å²) < 4.78 is 37.4. The molecule has 0 aromatic carbocycles. The molecule has 1 saturated heterocycles. The minimum Gasteiger partial charge on any atom is -0.339 e. The van der Waals surface area contributed by atoms with Gasteiger partial charge in [-0.05, 0) is 37.8 Å². The molecule has 3 nitrogen and oxygen atoms in total. The van der Waals surface area contributed by atoms with Crippen LogP contribution in [0.2, 0.25) is 0 Å². The lowest BCUT2D eigenvalue weighted by atomic mass is 10.0. The van der Waals surface area contributed by atoms with E-state index in [-0.39, 0.29) is 11.7 Å². The Morgan fingerprint density at radius 1 is 1.41 bits per heavy atom. The minimum absolute atomic E-state index is 0.0400. The summed E-state index contributed by atoms with van der Waals surface area (Å²) in [6.45, 7) is 2.85. The van der Waals surface area contributed by atoms with Gasteiger partial charge in [0.25, 0.3) is 0 Å². The Labute approximate surface area is 132 Å². The molecule has 2 rings (SSSR count). The first-order valence-electron chi connectivity index (χ1n) is 7.37. The average Bonchev–Trinajstić information content (AvgIpc) is 2.52. The SMILES string of the molecule is CCC1CCCCN1C(=O)CSc1ccc(C(F)(F)F)cn1. The van der Waals surface area contributed by atoms with E-state index in [1.165, 1.54) is 17.8 Å². The van der Waals surface area contributed by atoms with Crippen LogP contribution in [0.3, 0.4) is 0 Å². The number of aromatic nitrogens is 1. The van der Waals surface area contributed by atoms with E-state index in [0.29, 0.717) is 11.1 Å². The molecule has 1 amide bonds. The van der Waals surface area contributed by atoms with Crippen LogP contribution in [0.1, 0.15) is 38.2 Å². The van der Waals surface area contributed by atoms with Crippen molar-refractivity contribution >= 4 is 17.7 Å². The number of pyridine rings is 1. The third kappa shape index (κ3) is 4.38. The summed E-state index contributed by atoms with van der Waals surface area (Å²) in [5, 5.41) is 0.436. The quantitative estimate of drug-likeness (QED) is 0.782. The molecular formula is C15H19F3N2OS. The zero-order valence-corrected chi connectivity index (χ0v) is 13.2. The van der Waals surface area contributed by atoms with Gasteiger partial charge in [0.2, 0.25) is 5.91 Å².